The third-order valence-corrected chi connectivity index (χ3v) is 5.03. The van der Waals surface area contributed by atoms with Gasteiger partial charge in [-0.1, -0.05) is 6.58 Å². The van der Waals surface area contributed by atoms with Gasteiger partial charge in [-0.3, -0.25) is 9.59 Å². The van der Waals surface area contributed by atoms with E-state index >= 15 is 0 Å². The number of nitrogens with zero attached hydrogens (tertiary/aromatic N) is 4. The number of piperazine rings is 1. The summed E-state index contributed by atoms with van der Waals surface area (Å²) in [5, 5.41) is 2.88. The van der Waals surface area contributed by atoms with E-state index in [0.29, 0.717) is 23.3 Å². The van der Waals surface area contributed by atoms with Crippen LogP contribution in [0.25, 0.3) is 11.2 Å². The highest BCUT2D eigenvalue weighted by atomic mass is 16.2. The van der Waals surface area contributed by atoms with Gasteiger partial charge in [0.25, 0.3) is 5.91 Å². The number of aromatic amines is 1. The van der Waals surface area contributed by atoms with Crippen molar-refractivity contribution in [1.82, 2.24) is 25.2 Å². The Labute approximate surface area is 151 Å². The maximum Gasteiger partial charge on any atom is 0.255 e. The summed E-state index contributed by atoms with van der Waals surface area (Å²) in [6.07, 6.45) is 5.67. The Hall–Kier alpha value is -2.90. The average molecular weight is 354 g/mol. The molecule has 136 valence electrons. The van der Waals surface area contributed by atoms with Gasteiger partial charge in [-0.2, -0.15) is 0 Å². The molecule has 0 saturated carbocycles. The van der Waals surface area contributed by atoms with Crippen LogP contribution in [0.1, 0.15) is 30.6 Å². The highest BCUT2D eigenvalue weighted by molar-refractivity contribution is 6.04. The Morgan fingerprint density at radius 1 is 1.38 bits per heavy atom. The molecular weight excluding hydrogens is 332 g/mol. The minimum absolute atomic E-state index is 0.0167. The van der Waals surface area contributed by atoms with E-state index in [9.17, 15) is 9.59 Å². The zero-order valence-electron chi connectivity index (χ0n) is 14.9. The Bertz CT molecular complexity index is 889. The van der Waals surface area contributed by atoms with E-state index in [0.717, 1.165) is 18.8 Å². The van der Waals surface area contributed by atoms with Gasteiger partial charge in [0.1, 0.15) is 11.3 Å². The summed E-state index contributed by atoms with van der Waals surface area (Å²) < 4.78 is 0. The van der Waals surface area contributed by atoms with Crippen molar-refractivity contribution in [2.75, 3.05) is 18.0 Å². The lowest BCUT2D eigenvalue weighted by atomic mass is 10.2. The molecule has 2 saturated heterocycles. The fourth-order valence-electron chi connectivity index (χ4n) is 3.87. The summed E-state index contributed by atoms with van der Waals surface area (Å²) >= 11 is 0. The first-order valence-corrected chi connectivity index (χ1v) is 8.82. The number of likely N-dealkylation sites (tertiary alicyclic amines) is 1. The Balaban J connectivity index is 1.60. The maximum absolute atomic E-state index is 12.4. The van der Waals surface area contributed by atoms with Crippen molar-refractivity contribution in [3.8, 4) is 0 Å². The highest BCUT2D eigenvalue weighted by Gasteiger charge is 2.45. The molecule has 2 aliphatic heterocycles. The molecule has 26 heavy (non-hydrogen) atoms. The zero-order valence-corrected chi connectivity index (χ0v) is 14.9. The fourth-order valence-corrected chi connectivity index (χ4v) is 3.87. The third kappa shape index (κ3) is 2.61. The van der Waals surface area contributed by atoms with Crippen LogP contribution in [-0.4, -0.2) is 62.9 Å². The average Bonchev–Trinajstić information content (AvgIpc) is 3.32. The van der Waals surface area contributed by atoms with E-state index in [2.05, 4.69) is 26.8 Å². The SMILES string of the molecule is C=CC(=O)N1C[C@@H]2C[C@H]1CN2c1cnc2[nH]cc(C(=O)NC(C)C)c2n1. The van der Waals surface area contributed by atoms with Gasteiger partial charge >= 0.3 is 0 Å². The van der Waals surface area contributed by atoms with E-state index in [4.69, 9.17) is 4.98 Å². The summed E-state index contributed by atoms with van der Waals surface area (Å²) in [6, 6.07) is 0.451. The molecule has 2 atom stereocenters. The molecule has 4 rings (SSSR count). The van der Waals surface area contributed by atoms with Crippen molar-refractivity contribution < 1.29 is 9.59 Å². The van der Waals surface area contributed by atoms with Crippen molar-refractivity contribution in [3.63, 3.8) is 0 Å². The van der Waals surface area contributed by atoms with Gasteiger partial charge < -0.3 is 20.1 Å². The summed E-state index contributed by atoms with van der Waals surface area (Å²) in [7, 11) is 0. The minimum atomic E-state index is -0.164. The first-order valence-electron chi connectivity index (χ1n) is 8.82. The maximum atomic E-state index is 12.4. The molecule has 2 amide bonds. The monoisotopic (exact) mass is 354 g/mol. The van der Waals surface area contributed by atoms with Gasteiger partial charge in [0, 0.05) is 25.3 Å². The second kappa shape index (κ2) is 6.12. The molecule has 2 aromatic rings. The Morgan fingerprint density at radius 2 is 2.19 bits per heavy atom. The first kappa shape index (κ1) is 16.6. The molecule has 8 heteroatoms. The second-order valence-electron chi connectivity index (χ2n) is 7.15. The van der Waals surface area contributed by atoms with Crippen LogP contribution in [0.2, 0.25) is 0 Å². The van der Waals surface area contributed by atoms with E-state index in [1.54, 1.807) is 12.4 Å². The molecule has 4 heterocycles. The number of carbonyl (C=O) groups excluding carboxylic acids is 2. The number of amides is 2. The van der Waals surface area contributed by atoms with E-state index in [1.807, 2.05) is 18.7 Å². The van der Waals surface area contributed by atoms with Crippen LogP contribution in [0.3, 0.4) is 0 Å². The summed E-state index contributed by atoms with van der Waals surface area (Å²) in [5.74, 6) is 0.564. The lowest BCUT2D eigenvalue weighted by molar-refractivity contribution is -0.127. The molecule has 0 spiro atoms. The number of H-pyrrole nitrogens is 1. The highest BCUT2D eigenvalue weighted by Crippen LogP contribution is 2.34. The zero-order chi connectivity index (χ0) is 18.4. The number of rotatable bonds is 4. The number of hydrogen-bond acceptors (Lipinski definition) is 5. The Morgan fingerprint density at radius 3 is 2.85 bits per heavy atom. The molecule has 0 unspecified atom stereocenters. The second-order valence-corrected chi connectivity index (χ2v) is 7.15. The fraction of sp³-hybridized carbons (Fsp3) is 0.444. The molecular formula is C18H22N6O2. The van der Waals surface area contributed by atoms with Crippen LogP contribution >= 0.6 is 0 Å². The van der Waals surface area contributed by atoms with E-state index in [-0.39, 0.29) is 29.9 Å². The lowest BCUT2D eigenvalue weighted by Crippen LogP contribution is -2.48. The van der Waals surface area contributed by atoms with Gasteiger partial charge in [-0.15, -0.1) is 0 Å². The van der Waals surface area contributed by atoms with Gasteiger partial charge in [0.15, 0.2) is 5.65 Å². The molecule has 0 radical (unpaired) electrons. The number of fused-ring (bicyclic) bond motifs is 3. The third-order valence-electron chi connectivity index (χ3n) is 5.03. The molecule has 2 aromatic heterocycles. The number of aromatic nitrogens is 3. The molecule has 2 fully saturated rings. The van der Waals surface area contributed by atoms with Gasteiger partial charge in [0.2, 0.25) is 5.91 Å². The van der Waals surface area contributed by atoms with Crippen LogP contribution in [0, 0.1) is 0 Å². The number of carbonyl (C=O) groups is 2. The first-order chi connectivity index (χ1) is 12.5. The molecule has 2 aliphatic rings. The molecule has 2 N–H and O–H groups in total. The molecule has 0 aliphatic carbocycles. The van der Waals surface area contributed by atoms with Crippen molar-refractivity contribution in [1.29, 1.82) is 0 Å². The lowest BCUT2D eigenvalue weighted by Gasteiger charge is -2.34. The molecule has 0 aromatic carbocycles. The molecule has 8 nitrogen and oxygen atoms in total. The topological polar surface area (TPSA) is 94.2 Å². The van der Waals surface area contributed by atoms with Gasteiger partial charge in [-0.05, 0) is 26.3 Å². The van der Waals surface area contributed by atoms with Crippen LogP contribution in [0.5, 0.6) is 0 Å². The minimum Gasteiger partial charge on any atom is -0.350 e. The normalized spacial score (nSPS) is 21.7. The van der Waals surface area contributed by atoms with Crippen LogP contribution < -0.4 is 10.2 Å². The van der Waals surface area contributed by atoms with Crippen molar-refractivity contribution >= 4 is 28.8 Å². The van der Waals surface area contributed by atoms with Crippen molar-refractivity contribution in [3.05, 3.63) is 30.6 Å². The molecule has 2 bridgehead atoms. The van der Waals surface area contributed by atoms with Crippen LogP contribution in [0.15, 0.2) is 25.0 Å². The largest absolute Gasteiger partial charge is 0.350 e. The van der Waals surface area contributed by atoms with Crippen molar-refractivity contribution in [2.45, 2.75) is 38.4 Å². The Kier molecular flexibility index (Phi) is 3.90. The summed E-state index contributed by atoms with van der Waals surface area (Å²) in [6.45, 7) is 8.80. The number of hydrogen-bond donors (Lipinski definition) is 2. The smallest absolute Gasteiger partial charge is 0.255 e. The number of anilines is 1. The summed E-state index contributed by atoms with van der Waals surface area (Å²) in [4.78, 5) is 40.5. The predicted octanol–water partition coefficient (Wildman–Crippen LogP) is 1.07. The van der Waals surface area contributed by atoms with Crippen LogP contribution in [0.4, 0.5) is 5.82 Å². The predicted molar refractivity (Wildman–Crippen MR) is 97.9 cm³/mol. The quantitative estimate of drug-likeness (QED) is 0.801. The van der Waals surface area contributed by atoms with E-state index < -0.39 is 0 Å². The summed E-state index contributed by atoms with van der Waals surface area (Å²) in [5.41, 5.74) is 1.66. The van der Waals surface area contributed by atoms with E-state index in [1.165, 1.54) is 6.08 Å². The van der Waals surface area contributed by atoms with Gasteiger partial charge in [-0.25, -0.2) is 9.97 Å². The van der Waals surface area contributed by atoms with Gasteiger partial charge in [0.05, 0.1) is 23.8 Å². The van der Waals surface area contributed by atoms with Crippen LogP contribution in [-0.2, 0) is 4.79 Å². The number of nitrogens with one attached hydrogen (secondary N) is 2. The standard InChI is InChI=1S/C18H22N6O2/c1-4-15(25)24-9-11-5-12(24)8-23(11)14-7-20-17-16(22-14)13(6-19-17)18(26)21-10(2)3/h4,6-7,10-12H,1,5,8-9H2,2-3H3,(H,19,20)(H,21,26)/t11-,12-/m0/s1. The van der Waals surface area contributed by atoms with Crippen molar-refractivity contribution in [2.24, 2.45) is 0 Å².